The molecule has 23 heavy (non-hydrogen) atoms. The predicted octanol–water partition coefficient (Wildman–Crippen LogP) is 3.69. The fourth-order valence-electron chi connectivity index (χ4n) is 3.17. The smallest absolute Gasteiger partial charge is 0.310 e. The van der Waals surface area contributed by atoms with Crippen molar-refractivity contribution >= 4 is 5.97 Å². The van der Waals surface area contributed by atoms with Crippen molar-refractivity contribution in [3.8, 4) is 0 Å². The monoisotopic (exact) mass is 309 g/mol. The Balaban J connectivity index is 1.50. The van der Waals surface area contributed by atoms with Crippen molar-refractivity contribution in [3.63, 3.8) is 0 Å². The molecule has 0 amide bonds. The summed E-state index contributed by atoms with van der Waals surface area (Å²) in [7, 11) is 0. The number of nitrogens with one attached hydrogen (secondary N) is 1. The minimum Gasteiger partial charge on any atom is -0.461 e. The lowest BCUT2D eigenvalue weighted by Crippen LogP contribution is -2.36. The van der Waals surface area contributed by atoms with Crippen LogP contribution in [0.25, 0.3) is 0 Å². The Morgan fingerprint density at radius 2 is 1.61 bits per heavy atom. The van der Waals surface area contributed by atoms with Crippen molar-refractivity contribution in [2.24, 2.45) is 5.92 Å². The standard InChI is InChI=1S/C20H23NO2/c22-20(23-15-17-10-5-2-6-11-17)18-12-7-13-19(18)21-14-16-8-3-1-4-9-16/h1-6,8-11,18-19,21H,7,12-15H2/t18-,19-/m1/s1. The van der Waals surface area contributed by atoms with E-state index < -0.39 is 0 Å². The molecule has 0 spiro atoms. The van der Waals surface area contributed by atoms with Crippen LogP contribution in [0.2, 0.25) is 0 Å². The highest BCUT2D eigenvalue weighted by Crippen LogP contribution is 2.27. The van der Waals surface area contributed by atoms with Crippen molar-refractivity contribution < 1.29 is 9.53 Å². The van der Waals surface area contributed by atoms with Gasteiger partial charge in [0.15, 0.2) is 0 Å². The van der Waals surface area contributed by atoms with E-state index in [-0.39, 0.29) is 17.9 Å². The second kappa shape index (κ2) is 7.93. The summed E-state index contributed by atoms with van der Waals surface area (Å²) in [5, 5.41) is 3.53. The highest BCUT2D eigenvalue weighted by Gasteiger charge is 2.33. The summed E-state index contributed by atoms with van der Waals surface area (Å²) in [5.74, 6) is -0.0978. The third-order valence-electron chi connectivity index (χ3n) is 4.45. The maximum absolute atomic E-state index is 12.4. The lowest BCUT2D eigenvalue weighted by atomic mass is 10.0. The molecule has 120 valence electrons. The first kappa shape index (κ1) is 15.8. The van der Waals surface area contributed by atoms with Crippen LogP contribution in [-0.2, 0) is 22.7 Å². The van der Waals surface area contributed by atoms with Crippen LogP contribution in [0.4, 0.5) is 0 Å². The predicted molar refractivity (Wildman–Crippen MR) is 90.6 cm³/mol. The van der Waals surface area contributed by atoms with E-state index in [1.54, 1.807) is 0 Å². The highest BCUT2D eigenvalue weighted by atomic mass is 16.5. The minimum absolute atomic E-state index is 0.0255. The second-order valence-corrected chi connectivity index (χ2v) is 6.10. The van der Waals surface area contributed by atoms with E-state index in [2.05, 4.69) is 17.4 Å². The Kier molecular flexibility index (Phi) is 5.43. The van der Waals surface area contributed by atoms with Crippen molar-refractivity contribution in [2.75, 3.05) is 0 Å². The molecule has 0 unspecified atom stereocenters. The molecule has 0 bridgehead atoms. The Morgan fingerprint density at radius 3 is 2.30 bits per heavy atom. The molecule has 0 radical (unpaired) electrons. The molecule has 1 saturated carbocycles. The van der Waals surface area contributed by atoms with Gasteiger partial charge in [-0.3, -0.25) is 4.79 Å². The fraction of sp³-hybridized carbons (Fsp3) is 0.350. The molecule has 2 aromatic carbocycles. The zero-order chi connectivity index (χ0) is 15.9. The van der Waals surface area contributed by atoms with E-state index >= 15 is 0 Å². The van der Waals surface area contributed by atoms with Crippen LogP contribution in [0.3, 0.4) is 0 Å². The topological polar surface area (TPSA) is 38.3 Å². The molecule has 3 heteroatoms. The van der Waals surface area contributed by atoms with Crippen LogP contribution in [0.15, 0.2) is 60.7 Å². The van der Waals surface area contributed by atoms with E-state index in [0.29, 0.717) is 6.61 Å². The van der Waals surface area contributed by atoms with Crippen LogP contribution in [-0.4, -0.2) is 12.0 Å². The van der Waals surface area contributed by atoms with Gasteiger partial charge in [0, 0.05) is 12.6 Å². The third kappa shape index (κ3) is 4.42. The first-order valence-corrected chi connectivity index (χ1v) is 8.31. The summed E-state index contributed by atoms with van der Waals surface area (Å²) in [6, 6.07) is 20.4. The Labute approximate surface area is 137 Å². The van der Waals surface area contributed by atoms with E-state index in [1.807, 2.05) is 48.5 Å². The van der Waals surface area contributed by atoms with Crippen molar-refractivity contribution in [1.82, 2.24) is 5.32 Å². The van der Waals surface area contributed by atoms with Crippen LogP contribution in [0, 0.1) is 5.92 Å². The molecule has 1 aliphatic carbocycles. The summed E-state index contributed by atoms with van der Waals surface area (Å²) in [5.41, 5.74) is 2.28. The second-order valence-electron chi connectivity index (χ2n) is 6.10. The van der Waals surface area contributed by atoms with Crippen LogP contribution >= 0.6 is 0 Å². The van der Waals surface area contributed by atoms with Gasteiger partial charge >= 0.3 is 5.97 Å². The van der Waals surface area contributed by atoms with Gasteiger partial charge in [-0.05, 0) is 24.0 Å². The Hall–Kier alpha value is -2.13. The molecule has 3 nitrogen and oxygen atoms in total. The van der Waals surface area contributed by atoms with Crippen LogP contribution in [0.1, 0.15) is 30.4 Å². The molecular formula is C20H23NO2. The van der Waals surface area contributed by atoms with Crippen LogP contribution < -0.4 is 5.32 Å². The average Bonchev–Trinajstić information content (AvgIpc) is 3.08. The SMILES string of the molecule is O=C(OCc1ccccc1)[C@@H]1CCC[C@H]1NCc1ccccc1. The number of rotatable bonds is 6. The molecule has 1 fully saturated rings. The molecule has 0 aliphatic heterocycles. The molecule has 0 aromatic heterocycles. The molecule has 2 atom stereocenters. The molecule has 1 aliphatic rings. The Morgan fingerprint density at radius 1 is 0.957 bits per heavy atom. The molecule has 3 rings (SSSR count). The number of esters is 1. The minimum atomic E-state index is -0.0723. The van der Waals surface area contributed by atoms with E-state index in [1.165, 1.54) is 5.56 Å². The quantitative estimate of drug-likeness (QED) is 0.827. The average molecular weight is 309 g/mol. The maximum atomic E-state index is 12.4. The van der Waals surface area contributed by atoms with Crippen molar-refractivity contribution in [2.45, 2.75) is 38.5 Å². The van der Waals surface area contributed by atoms with Gasteiger partial charge in [0.2, 0.25) is 0 Å². The molecule has 0 saturated heterocycles. The summed E-state index contributed by atoms with van der Waals surface area (Å²) < 4.78 is 5.52. The fourth-order valence-corrected chi connectivity index (χ4v) is 3.17. The number of hydrogen-bond donors (Lipinski definition) is 1. The van der Waals surface area contributed by atoms with Gasteiger partial charge in [-0.2, -0.15) is 0 Å². The van der Waals surface area contributed by atoms with Gasteiger partial charge in [0.25, 0.3) is 0 Å². The zero-order valence-electron chi connectivity index (χ0n) is 13.3. The zero-order valence-corrected chi connectivity index (χ0v) is 13.3. The molecule has 0 heterocycles. The van der Waals surface area contributed by atoms with E-state index in [0.717, 1.165) is 31.4 Å². The molecule has 1 N–H and O–H groups in total. The van der Waals surface area contributed by atoms with Crippen molar-refractivity contribution in [1.29, 1.82) is 0 Å². The first-order valence-electron chi connectivity index (χ1n) is 8.31. The number of ether oxygens (including phenoxy) is 1. The largest absolute Gasteiger partial charge is 0.461 e. The number of carbonyl (C=O) groups is 1. The summed E-state index contributed by atoms with van der Waals surface area (Å²) in [6.07, 6.45) is 3.04. The van der Waals surface area contributed by atoms with E-state index in [4.69, 9.17) is 4.74 Å². The number of hydrogen-bond acceptors (Lipinski definition) is 3. The van der Waals surface area contributed by atoms with Gasteiger partial charge in [0.05, 0.1) is 5.92 Å². The van der Waals surface area contributed by atoms with Crippen molar-refractivity contribution in [3.05, 3.63) is 71.8 Å². The summed E-state index contributed by atoms with van der Waals surface area (Å²) in [6.45, 7) is 1.16. The summed E-state index contributed by atoms with van der Waals surface area (Å²) >= 11 is 0. The third-order valence-corrected chi connectivity index (χ3v) is 4.45. The maximum Gasteiger partial charge on any atom is 0.310 e. The van der Waals surface area contributed by atoms with E-state index in [9.17, 15) is 4.79 Å². The number of carbonyl (C=O) groups excluding carboxylic acids is 1. The summed E-state index contributed by atoms with van der Waals surface area (Å²) in [4.78, 5) is 12.4. The normalized spacial score (nSPS) is 20.3. The van der Waals surface area contributed by atoms with Gasteiger partial charge in [-0.1, -0.05) is 67.1 Å². The Bertz CT molecular complexity index is 612. The lowest BCUT2D eigenvalue weighted by Gasteiger charge is -2.20. The highest BCUT2D eigenvalue weighted by molar-refractivity contribution is 5.73. The molecule has 2 aromatic rings. The van der Waals surface area contributed by atoms with Gasteiger partial charge in [0.1, 0.15) is 6.61 Å². The van der Waals surface area contributed by atoms with Gasteiger partial charge < -0.3 is 10.1 Å². The van der Waals surface area contributed by atoms with Gasteiger partial charge in [-0.15, -0.1) is 0 Å². The lowest BCUT2D eigenvalue weighted by molar-refractivity contribution is -0.150. The van der Waals surface area contributed by atoms with Crippen LogP contribution in [0.5, 0.6) is 0 Å². The first-order chi connectivity index (χ1) is 11.3. The number of benzene rings is 2. The molecular weight excluding hydrogens is 286 g/mol. The van der Waals surface area contributed by atoms with Gasteiger partial charge in [-0.25, -0.2) is 0 Å².